The van der Waals surface area contributed by atoms with Crippen LogP contribution in [0.25, 0.3) is 0 Å². The monoisotopic (exact) mass is 411 g/mol. The third-order valence-corrected chi connectivity index (χ3v) is 6.15. The minimum atomic E-state index is -0.0340. The number of halogens is 1. The van der Waals surface area contributed by atoms with Crippen molar-refractivity contribution in [1.29, 1.82) is 0 Å². The molecule has 5 nitrogen and oxygen atoms in total. The van der Waals surface area contributed by atoms with E-state index >= 15 is 0 Å². The highest BCUT2D eigenvalue weighted by Gasteiger charge is 2.27. The summed E-state index contributed by atoms with van der Waals surface area (Å²) in [5.74, 6) is 0.559. The topological polar surface area (TPSA) is 61.4 Å². The Labute approximate surface area is 172 Å². The van der Waals surface area contributed by atoms with E-state index < -0.39 is 0 Å². The maximum atomic E-state index is 13.0. The van der Waals surface area contributed by atoms with Gasteiger partial charge in [0.2, 0.25) is 5.91 Å². The zero-order chi connectivity index (χ0) is 18.5. The highest BCUT2D eigenvalue weighted by atomic mass is 35.5. The van der Waals surface area contributed by atoms with Crippen LogP contribution in [0.1, 0.15) is 41.6 Å². The van der Waals surface area contributed by atoms with Crippen LogP contribution in [0, 0.1) is 12.8 Å². The van der Waals surface area contributed by atoms with Gasteiger partial charge >= 0.3 is 0 Å². The molecule has 2 saturated heterocycles. The molecule has 2 aliphatic rings. The van der Waals surface area contributed by atoms with Gasteiger partial charge in [0.1, 0.15) is 0 Å². The van der Waals surface area contributed by atoms with Crippen LogP contribution in [0.5, 0.6) is 0 Å². The number of amides is 2. The van der Waals surface area contributed by atoms with Crippen molar-refractivity contribution in [2.45, 2.75) is 43.5 Å². The maximum Gasteiger partial charge on any atom is 0.254 e. The molecule has 0 bridgehead atoms. The number of hydrogen-bond donors (Lipinski definition) is 2. The van der Waals surface area contributed by atoms with E-state index in [1.54, 1.807) is 11.8 Å². The summed E-state index contributed by atoms with van der Waals surface area (Å²) in [5.41, 5.74) is 1.83. The summed E-state index contributed by atoms with van der Waals surface area (Å²) in [4.78, 5) is 28.3. The highest BCUT2D eigenvalue weighted by molar-refractivity contribution is 7.98. The standard InChI is InChI=1S/C20H29N3O2S.ClH/c1-14-7-8-16(26-2)11-17(14)20(25)23-10-4-5-15(13-23)12-22-19(24)18-6-3-9-21-18;/h7-8,11,15,18,21H,3-6,9-10,12-13H2,1-2H3,(H,22,24);1H. The molecule has 2 heterocycles. The number of nitrogens with zero attached hydrogens (tertiary/aromatic N) is 1. The van der Waals surface area contributed by atoms with Gasteiger partial charge in [-0.25, -0.2) is 0 Å². The van der Waals surface area contributed by atoms with E-state index in [-0.39, 0.29) is 30.3 Å². The fraction of sp³-hybridized carbons (Fsp3) is 0.600. The van der Waals surface area contributed by atoms with Gasteiger partial charge in [0.25, 0.3) is 5.91 Å². The van der Waals surface area contributed by atoms with Crippen LogP contribution < -0.4 is 10.6 Å². The average Bonchev–Trinajstić information content (AvgIpc) is 3.21. The number of benzene rings is 1. The minimum absolute atomic E-state index is 0. The van der Waals surface area contributed by atoms with Crippen LogP contribution in [0.3, 0.4) is 0 Å². The second-order valence-electron chi connectivity index (χ2n) is 7.33. The normalized spacial score (nSPS) is 22.2. The lowest BCUT2D eigenvalue weighted by atomic mass is 9.96. The molecule has 0 spiro atoms. The van der Waals surface area contributed by atoms with Crippen LogP contribution in [0.4, 0.5) is 0 Å². The first-order valence-electron chi connectivity index (χ1n) is 9.53. The molecule has 7 heteroatoms. The van der Waals surface area contributed by atoms with Gasteiger partial charge in [0, 0.05) is 30.1 Å². The number of aryl methyl sites for hydroxylation is 1. The van der Waals surface area contributed by atoms with Crippen molar-refractivity contribution in [2.24, 2.45) is 5.92 Å². The molecular weight excluding hydrogens is 382 g/mol. The Morgan fingerprint density at radius 1 is 1.30 bits per heavy atom. The molecule has 2 aliphatic heterocycles. The fourth-order valence-corrected chi connectivity index (χ4v) is 4.26. The first-order chi connectivity index (χ1) is 12.6. The maximum absolute atomic E-state index is 13.0. The summed E-state index contributed by atoms with van der Waals surface area (Å²) in [6, 6.07) is 6.05. The molecule has 27 heavy (non-hydrogen) atoms. The quantitative estimate of drug-likeness (QED) is 0.731. The smallest absolute Gasteiger partial charge is 0.254 e. The predicted octanol–water partition coefficient (Wildman–Crippen LogP) is 2.86. The number of carbonyl (C=O) groups is 2. The van der Waals surface area contributed by atoms with Crippen molar-refractivity contribution in [3.8, 4) is 0 Å². The molecule has 0 aromatic heterocycles. The van der Waals surface area contributed by atoms with Gasteiger partial charge in [0.05, 0.1) is 6.04 Å². The Hall–Kier alpha value is -1.24. The van der Waals surface area contributed by atoms with Crippen molar-refractivity contribution in [3.63, 3.8) is 0 Å². The third kappa shape index (κ3) is 5.62. The van der Waals surface area contributed by atoms with E-state index in [1.165, 1.54) is 0 Å². The second-order valence-corrected chi connectivity index (χ2v) is 8.21. The number of thioether (sulfide) groups is 1. The minimum Gasteiger partial charge on any atom is -0.354 e. The SMILES string of the molecule is CSc1ccc(C)c(C(=O)N2CCCC(CNC(=O)C3CCCN3)C2)c1.Cl. The lowest BCUT2D eigenvalue weighted by molar-refractivity contribution is -0.123. The summed E-state index contributed by atoms with van der Waals surface area (Å²) in [6.45, 7) is 5.10. The van der Waals surface area contributed by atoms with Crippen molar-refractivity contribution < 1.29 is 9.59 Å². The van der Waals surface area contributed by atoms with Crippen LogP contribution in [-0.2, 0) is 4.79 Å². The number of rotatable bonds is 5. The van der Waals surface area contributed by atoms with E-state index in [0.29, 0.717) is 12.5 Å². The molecule has 3 rings (SSSR count). The first-order valence-corrected chi connectivity index (χ1v) is 10.8. The van der Waals surface area contributed by atoms with Gasteiger partial charge in [-0.15, -0.1) is 24.2 Å². The summed E-state index contributed by atoms with van der Waals surface area (Å²) >= 11 is 1.66. The zero-order valence-electron chi connectivity index (χ0n) is 16.1. The van der Waals surface area contributed by atoms with Gasteiger partial charge < -0.3 is 15.5 Å². The molecule has 0 saturated carbocycles. The van der Waals surface area contributed by atoms with Gasteiger partial charge in [-0.1, -0.05) is 6.07 Å². The van der Waals surface area contributed by atoms with E-state index in [2.05, 4.69) is 16.7 Å². The van der Waals surface area contributed by atoms with Gasteiger partial charge in [-0.3, -0.25) is 9.59 Å². The molecule has 1 aromatic carbocycles. The molecule has 2 N–H and O–H groups in total. The number of likely N-dealkylation sites (tertiary alicyclic amines) is 1. The Balaban J connectivity index is 0.00000261. The molecule has 2 atom stereocenters. The third-order valence-electron chi connectivity index (χ3n) is 5.42. The number of hydrogen-bond acceptors (Lipinski definition) is 4. The largest absolute Gasteiger partial charge is 0.354 e. The van der Waals surface area contributed by atoms with Gasteiger partial charge in [0.15, 0.2) is 0 Å². The van der Waals surface area contributed by atoms with Gasteiger partial charge in [-0.2, -0.15) is 0 Å². The summed E-state index contributed by atoms with van der Waals surface area (Å²) in [5, 5.41) is 6.31. The van der Waals surface area contributed by atoms with Crippen LogP contribution in [-0.4, -0.2) is 55.2 Å². The summed E-state index contributed by atoms with van der Waals surface area (Å²) < 4.78 is 0. The second kappa shape index (κ2) is 10.3. The molecule has 0 aliphatic carbocycles. The highest BCUT2D eigenvalue weighted by Crippen LogP contribution is 2.23. The van der Waals surface area contributed by atoms with Crippen LogP contribution in [0.2, 0.25) is 0 Å². The lowest BCUT2D eigenvalue weighted by Crippen LogP contribution is -2.46. The Morgan fingerprint density at radius 2 is 2.11 bits per heavy atom. The van der Waals surface area contributed by atoms with Crippen molar-refractivity contribution >= 4 is 36.0 Å². The van der Waals surface area contributed by atoms with Gasteiger partial charge in [-0.05, 0) is 69.0 Å². The molecule has 1 aromatic rings. The molecule has 0 radical (unpaired) electrons. The average molecular weight is 412 g/mol. The lowest BCUT2D eigenvalue weighted by Gasteiger charge is -2.33. The number of carbonyl (C=O) groups excluding carboxylic acids is 2. The van der Waals surface area contributed by atoms with Crippen molar-refractivity contribution in [1.82, 2.24) is 15.5 Å². The Kier molecular flexibility index (Phi) is 8.45. The molecule has 150 valence electrons. The van der Waals surface area contributed by atoms with E-state index in [4.69, 9.17) is 0 Å². The fourth-order valence-electron chi connectivity index (χ4n) is 3.82. The predicted molar refractivity (Wildman–Crippen MR) is 113 cm³/mol. The number of piperidine rings is 1. The number of nitrogens with one attached hydrogen (secondary N) is 2. The molecule has 2 fully saturated rings. The van der Waals surface area contributed by atoms with Crippen molar-refractivity contribution in [3.05, 3.63) is 29.3 Å². The Bertz CT molecular complexity index is 665. The van der Waals surface area contributed by atoms with Crippen molar-refractivity contribution in [2.75, 3.05) is 32.4 Å². The first kappa shape index (κ1) is 22.1. The van der Waals surface area contributed by atoms with E-state index in [9.17, 15) is 9.59 Å². The Morgan fingerprint density at radius 3 is 2.81 bits per heavy atom. The van der Waals surface area contributed by atoms with E-state index in [0.717, 1.165) is 61.3 Å². The molecule has 2 amide bonds. The molecular formula is C20H30ClN3O2S. The van der Waals surface area contributed by atoms with E-state index in [1.807, 2.05) is 30.2 Å². The summed E-state index contributed by atoms with van der Waals surface area (Å²) in [7, 11) is 0. The van der Waals surface area contributed by atoms with Crippen LogP contribution in [0.15, 0.2) is 23.1 Å². The zero-order valence-corrected chi connectivity index (χ0v) is 17.8. The molecule has 2 unspecified atom stereocenters. The van der Waals surface area contributed by atoms with Crippen LogP contribution >= 0.6 is 24.2 Å². The summed E-state index contributed by atoms with van der Waals surface area (Å²) in [6.07, 6.45) is 6.07.